The van der Waals surface area contributed by atoms with Crippen molar-refractivity contribution >= 4 is 50.2 Å². The van der Waals surface area contributed by atoms with Crippen LogP contribution in [0.1, 0.15) is 28.3 Å². The number of sulfonamides is 1. The molecular weight excluding hydrogens is 531 g/mol. The number of thiazole rings is 1. The maximum Gasteiger partial charge on any atom is 0.416 e. The van der Waals surface area contributed by atoms with Crippen molar-refractivity contribution in [1.82, 2.24) is 14.6 Å². The maximum absolute atomic E-state index is 12.9. The third kappa shape index (κ3) is 5.15. The fourth-order valence-electron chi connectivity index (χ4n) is 3.73. The van der Waals surface area contributed by atoms with E-state index in [0.717, 1.165) is 28.3 Å². The van der Waals surface area contributed by atoms with E-state index in [9.17, 15) is 26.4 Å². The first-order valence-corrected chi connectivity index (χ1v) is 13.6. The Kier molecular flexibility index (Phi) is 7.07. The Labute approximate surface area is 207 Å². The number of halogens is 4. The smallest absolute Gasteiger partial charge is 0.348 e. The Morgan fingerprint density at radius 2 is 1.91 bits per heavy atom. The molecule has 2 aromatic heterocycles. The lowest BCUT2D eigenvalue weighted by Gasteiger charge is -2.22. The van der Waals surface area contributed by atoms with Gasteiger partial charge in [-0.25, -0.2) is 13.4 Å². The average molecular weight is 550 g/mol. The van der Waals surface area contributed by atoms with E-state index in [1.54, 1.807) is 6.92 Å². The zero-order chi connectivity index (χ0) is 24.7. The summed E-state index contributed by atoms with van der Waals surface area (Å²) in [7, 11) is -3.83. The van der Waals surface area contributed by atoms with E-state index in [0.29, 0.717) is 33.4 Å². The highest BCUT2D eigenvalue weighted by atomic mass is 35.5. The van der Waals surface area contributed by atoms with E-state index < -0.39 is 33.7 Å². The molecule has 3 heterocycles. The number of hydrogen-bond acceptors (Lipinski definition) is 6. The summed E-state index contributed by atoms with van der Waals surface area (Å²) < 4.78 is 66.0. The van der Waals surface area contributed by atoms with Crippen molar-refractivity contribution in [3.8, 4) is 11.3 Å². The summed E-state index contributed by atoms with van der Waals surface area (Å²) in [5.74, 6) is -0.423. The summed E-state index contributed by atoms with van der Waals surface area (Å²) in [5, 5.41) is 3.32. The van der Waals surface area contributed by atoms with Gasteiger partial charge in [0.15, 0.2) is 0 Å². The van der Waals surface area contributed by atoms with Crippen molar-refractivity contribution in [3.05, 3.63) is 56.2 Å². The van der Waals surface area contributed by atoms with Crippen LogP contribution in [-0.4, -0.2) is 36.2 Å². The molecule has 182 valence electrons. The molecule has 3 aromatic rings. The predicted octanol–water partition coefficient (Wildman–Crippen LogP) is 5.32. The van der Waals surface area contributed by atoms with Crippen LogP contribution in [-0.2, 0) is 27.5 Å². The first kappa shape index (κ1) is 25.1. The molecule has 0 unspecified atom stereocenters. The SMILES string of the molecule is Cc1sc(CNC(=O)[C@H]2CCCN2S(=O)(=O)c2ccc(Cl)s2)nc1-c1ccc(C(F)(F)F)cc1. The second-order valence-corrected chi connectivity index (χ2v) is 12.8. The summed E-state index contributed by atoms with van der Waals surface area (Å²) in [4.78, 5) is 18.1. The molecule has 0 radical (unpaired) electrons. The molecule has 0 aliphatic carbocycles. The number of nitrogens with zero attached hydrogens (tertiary/aromatic N) is 2. The third-order valence-corrected chi connectivity index (χ3v) is 9.94. The summed E-state index contributed by atoms with van der Waals surface area (Å²) >= 11 is 8.14. The molecule has 1 aliphatic rings. The molecule has 1 N–H and O–H groups in total. The highest BCUT2D eigenvalue weighted by Crippen LogP contribution is 2.34. The Balaban J connectivity index is 1.44. The van der Waals surface area contributed by atoms with Gasteiger partial charge in [0.05, 0.1) is 22.1 Å². The minimum atomic E-state index is -4.41. The topological polar surface area (TPSA) is 79.4 Å². The van der Waals surface area contributed by atoms with Crippen molar-refractivity contribution in [2.45, 2.75) is 42.7 Å². The van der Waals surface area contributed by atoms with Crippen LogP contribution in [0.3, 0.4) is 0 Å². The summed E-state index contributed by atoms with van der Waals surface area (Å²) in [6.45, 7) is 2.12. The number of carbonyl (C=O) groups is 1. The standard InChI is InChI=1S/C21H19ClF3N3O3S3/c1-12-19(13-4-6-14(7-5-13)21(23,24)25)27-17(32-12)11-26-20(29)15-3-2-10-28(15)34(30,31)18-9-8-16(22)33-18/h4-9,15H,2-3,10-11H2,1H3,(H,26,29)/t15-/m1/s1. The number of aromatic nitrogens is 1. The molecule has 0 saturated carbocycles. The van der Waals surface area contributed by atoms with E-state index in [1.807, 2.05) is 0 Å². The van der Waals surface area contributed by atoms with Gasteiger partial charge < -0.3 is 5.32 Å². The number of hydrogen-bond donors (Lipinski definition) is 1. The molecule has 1 aliphatic heterocycles. The number of aryl methyl sites for hydroxylation is 1. The molecule has 0 bridgehead atoms. The Bertz CT molecular complexity index is 1300. The first-order valence-electron chi connectivity index (χ1n) is 10.2. The van der Waals surface area contributed by atoms with Gasteiger partial charge in [-0.05, 0) is 44.0 Å². The van der Waals surface area contributed by atoms with Gasteiger partial charge in [-0.1, -0.05) is 23.7 Å². The lowest BCUT2D eigenvalue weighted by molar-refractivity contribution is -0.137. The molecule has 0 spiro atoms. The molecular formula is C21H19ClF3N3O3S3. The molecule has 1 fully saturated rings. The highest BCUT2D eigenvalue weighted by Gasteiger charge is 2.40. The molecule has 34 heavy (non-hydrogen) atoms. The van der Waals surface area contributed by atoms with Crippen molar-refractivity contribution in [2.75, 3.05) is 6.54 Å². The Hall–Kier alpha value is -1.99. The molecule has 1 atom stereocenters. The van der Waals surface area contributed by atoms with Gasteiger partial charge in [0, 0.05) is 17.0 Å². The molecule has 13 heteroatoms. The van der Waals surface area contributed by atoms with Crippen LogP contribution in [0.4, 0.5) is 13.2 Å². The van der Waals surface area contributed by atoms with Crippen molar-refractivity contribution < 1.29 is 26.4 Å². The van der Waals surface area contributed by atoms with Crippen LogP contribution in [0.25, 0.3) is 11.3 Å². The fourth-order valence-corrected chi connectivity index (χ4v) is 7.90. The van der Waals surface area contributed by atoms with E-state index in [-0.39, 0.29) is 17.3 Å². The van der Waals surface area contributed by atoms with Crippen molar-refractivity contribution in [2.24, 2.45) is 0 Å². The number of rotatable bonds is 6. The van der Waals surface area contributed by atoms with Gasteiger partial charge in [0.1, 0.15) is 15.3 Å². The number of carbonyl (C=O) groups excluding carboxylic acids is 1. The molecule has 1 aromatic carbocycles. The van der Waals surface area contributed by atoms with Gasteiger partial charge in [-0.15, -0.1) is 22.7 Å². The van der Waals surface area contributed by atoms with Gasteiger partial charge in [0.2, 0.25) is 5.91 Å². The van der Waals surface area contributed by atoms with Crippen LogP contribution < -0.4 is 5.32 Å². The first-order chi connectivity index (χ1) is 16.0. The minimum Gasteiger partial charge on any atom is -0.348 e. The van der Waals surface area contributed by atoms with Crippen LogP contribution in [0.2, 0.25) is 4.34 Å². The fraction of sp³-hybridized carbons (Fsp3) is 0.333. The van der Waals surface area contributed by atoms with Crippen LogP contribution in [0.15, 0.2) is 40.6 Å². The molecule has 4 rings (SSSR count). The summed E-state index contributed by atoms with van der Waals surface area (Å²) in [5.41, 5.74) is 0.349. The number of amides is 1. The van der Waals surface area contributed by atoms with Crippen molar-refractivity contribution in [3.63, 3.8) is 0 Å². The average Bonchev–Trinajstić information content (AvgIpc) is 3.51. The molecule has 6 nitrogen and oxygen atoms in total. The predicted molar refractivity (Wildman–Crippen MR) is 125 cm³/mol. The van der Waals surface area contributed by atoms with Gasteiger partial charge in [-0.2, -0.15) is 17.5 Å². The van der Waals surface area contributed by atoms with E-state index >= 15 is 0 Å². The Morgan fingerprint density at radius 1 is 1.21 bits per heavy atom. The molecule has 1 saturated heterocycles. The van der Waals surface area contributed by atoms with Crippen LogP contribution in [0, 0.1) is 6.92 Å². The second-order valence-electron chi connectivity index (χ2n) is 7.64. The molecule has 1 amide bonds. The lowest BCUT2D eigenvalue weighted by Crippen LogP contribution is -2.45. The minimum absolute atomic E-state index is 0.0835. The number of benzene rings is 1. The van der Waals surface area contributed by atoms with Gasteiger partial charge in [-0.3, -0.25) is 4.79 Å². The quantitative estimate of drug-likeness (QED) is 0.451. The van der Waals surface area contributed by atoms with Gasteiger partial charge >= 0.3 is 6.18 Å². The maximum atomic E-state index is 12.9. The summed E-state index contributed by atoms with van der Waals surface area (Å²) in [6.07, 6.45) is -3.45. The van der Waals surface area contributed by atoms with Crippen molar-refractivity contribution in [1.29, 1.82) is 0 Å². The van der Waals surface area contributed by atoms with Gasteiger partial charge in [0.25, 0.3) is 10.0 Å². The number of nitrogens with one attached hydrogen (secondary N) is 1. The highest BCUT2D eigenvalue weighted by molar-refractivity contribution is 7.91. The summed E-state index contributed by atoms with van der Waals surface area (Å²) in [6, 6.07) is 6.84. The van der Waals surface area contributed by atoms with Crippen LogP contribution in [0.5, 0.6) is 0 Å². The number of alkyl halides is 3. The Morgan fingerprint density at radius 3 is 2.53 bits per heavy atom. The zero-order valence-electron chi connectivity index (χ0n) is 17.7. The third-order valence-electron chi connectivity index (χ3n) is 5.36. The zero-order valence-corrected chi connectivity index (χ0v) is 20.9. The van der Waals surface area contributed by atoms with E-state index in [4.69, 9.17) is 11.6 Å². The number of thiophene rings is 1. The van der Waals surface area contributed by atoms with E-state index in [1.165, 1.54) is 39.9 Å². The lowest BCUT2D eigenvalue weighted by atomic mass is 10.1. The largest absolute Gasteiger partial charge is 0.416 e. The normalized spacial score (nSPS) is 17.3. The monoisotopic (exact) mass is 549 g/mol. The van der Waals surface area contributed by atoms with E-state index in [2.05, 4.69) is 10.3 Å². The van der Waals surface area contributed by atoms with Crippen LogP contribution >= 0.6 is 34.3 Å². The second kappa shape index (κ2) is 9.57.